The predicted octanol–water partition coefficient (Wildman–Crippen LogP) is 2.43. The standard InChI is InChI=1S/C22H28N4O7/c1-13-11-25(16(20(28)32-6)12-24(13)21(29)33-22(2,3)4)17-14-9-7-8-10-15(14)23(5)19(27)18(17)26(30)31/h7-10,13,16H,11-12H2,1-6H3/t13-,16-/m1/s1. The van der Waals surface area contributed by atoms with Crippen molar-refractivity contribution in [2.24, 2.45) is 7.05 Å². The fourth-order valence-electron chi connectivity index (χ4n) is 4.05. The van der Waals surface area contributed by atoms with Crippen molar-refractivity contribution in [2.75, 3.05) is 25.1 Å². The molecule has 1 amide bonds. The lowest BCUT2D eigenvalue weighted by Gasteiger charge is -2.44. The maximum absolute atomic E-state index is 12.9. The number of carbonyl (C=O) groups excluding carboxylic acids is 2. The summed E-state index contributed by atoms with van der Waals surface area (Å²) < 4.78 is 11.6. The summed E-state index contributed by atoms with van der Waals surface area (Å²) in [6.45, 7) is 6.89. The Morgan fingerprint density at radius 2 is 1.82 bits per heavy atom. The van der Waals surface area contributed by atoms with Crippen molar-refractivity contribution < 1.29 is 24.0 Å². The van der Waals surface area contributed by atoms with Gasteiger partial charge in [0.1, 0.15) is 17.3 Å². The smallest absolute Gasteiger partial charge is 0.410 e. The Morgan fingerprint density at radius 3 is 2.39 bits per heavy atom. The van der Waals surface area contributed by atoms with Crippen molar-refractivity contribution in [1.29, 1.82) is 0 Å². The molecule has 1 aromatic heterocycles. The number of pyridine rings is 1. The van der Waals surface area contributed by atoms with Gasteiger partial charge in [-0.3, -0.25) is 14.9 Å². The van der Waals surface area contributed by atoms with Gasteiger partial charge in [0.2, 0.25) is 0 Å². The molecular weight excluding hydrogens is 432 g/mol. The number of para-hydroxylation sites is 1. The monoisotopic (exact) mass is 460 g/mol. The van der Waals surface area contributed by atoms with E-state index in [1.165, 1.54) is 28.5 Å². The number of esters is 1. The number of benzene rings is 1. The number of fused-ring (bicyclic) bond motifs is 1. The van der Waals surface area contributed by atoms with Crippen LogP contribution < -0.4 is 10.5 Å². The maximum atomic E-state index is 12.9. The molecule has 2 heterocycles. The average Bonchev–Trinajstić information content (AvgIpc) is 2.73. The van der Waals surface area contributed by atoms with E-state index in [2.05, 4.69) is 0 Å². The molecule has 2 atom stereocenters. The number of anilines is 1. The first kappa shape index (κ1) is 24.0. The van der Waals surface area contributed by atoms with Crippen LogP contribution in [0.3, 0.4) is 0 Å². The molecule has 1 saturated heterocycles. The Bertz CT molecular complexity index is 1170. The second-order valence-electron chi connectivity index (χ2n) is 9.01. The van der Waals surface area contributed by atoms with Gasteiger partial charge in [-0.05, 0) is 33.8 Å². The number of aromatic nitrogens is 1. The minimum Gasteiger partial charge on any atom is -0.467 e. The van der Waals surface area contributed by atoms with Crippen LogP contribution in [0.5, 0.6) is 0 Å². The minimum atomic E-state index is -1.08. The topological polar surface area (TPSA) is 124 Å². The third-order valence-corrected chi connectivity index (χ3v) is 5.56. The van der Waals surface area contributed by atoms with Gasteiger partial charge in [-0.15, -0.1) is 0 Å². The number of aryl methyl sites for hydroxylation is 1. The van der Waals surface area contributed by atoms with Crippen LogP contribution in [-0.4, -0.2) is 64.3 Å². The second kappa shape index (κ2) is 8.72. The highest BCUT2D eigenvalue weighted by atomic mass is 16.6. The summed E-state index contributed by atoms with van der Waals surface area (Å²) >= 11 is 0. The van der Waals surface area contributed by atoms with E-state index in [-0.39, 0.29) is 18.8 Å². The summed E-state index contributed by atoms with van der Waals surface area (Å²) in [7, 11) is 2.66. The van der Waals surface area contributed by atoms with Crippen molar-refractivity contribution in [3.05, 3.63) is 44.7 Å². The zero-order chi connectivity index (χ0) is 24.7. The van der Waals surface area contributed by atoms with Crippen LogP contribution in [0.2, 0.25) is 0 Å². The summed E-state index contributed by atoms with van der Waals surface area (Å²) in [5, 5.41) is 12.4. The third-order valence-electron chi connectivity index (χ3n) is 5.56. The molecule has 1 aromatic carbocycles. The zero-order valence-corrected chi connectivity index (χ0v) is 19.5. The normalized spacial score (nSPS) is 18.8. The number of nitrogens with zero attached hydrogens (tertiary/aromatic N) is 4. The van der Waals surface area contributed by atoms with Gasteiger partial charge in [-0.25, -0.2) is 9.59 Å². The lowest BCUT2D eigenvalue weighted by Crippen LogP contribution is -2.62. The van der Waals surface area contributed by atoms with Crippen LogP contribution in [0.4, 0.5) is 16.2 Å². The molecular formula is C22H28N4O7. The molecule has 0 radical (unpaired) electrons. The number of rotatable bonds is 3. The van der Waals surface area contributed by atoms with Gasteiger partial charge in [0.05, 0.1) is 24.1 Å². The highest BCUT2D eigenvalue weighted by Crippen LogP contribution is 2.37. The molecule has 0 bridgehead atoms. The summed E-state index contributed by atoms with van der Waals surface area (Å²) in [4.78, 5) is 52.7. The van der Waals surface area contributed by atoms with Crippen molar-refractivity contribution in [3.8, 4) is 0 Å². The molecule has 1 aliphatic rings. The van der Waals surface area contributed by atoms with Crippen molar-refractivity contribution >= 4 is 34.3 Å². The van der Waals surface area contributed by atoms with Crippen molar-refractivity contribution in [1.82, 2.24) is 9.47 Å². The number of piperazine rings is 1. The summed E-state index contributed by atoms with van der Waals surface area (Å²) in [6, 6.07) is 5.22. The highest BCUT2D eigenvalue weighted by Gasteiger charge is 2.43. The number of carbonyl (C=O) groups is 2. The van der Waals surface area contributed by atoms with Crippen LogP contribution in [0, 0.1) is 10.1 Å². The minimum absolute atomic E-state index is 0.0322. The Morgan fingerprint density at radius 1 is 1.18 bits per heavy atom. The van der Waals surface area contributed by atoms with E-state index in [1.807, 2.05) is 0 Å². The van der Waals surface area contributed by atoms with E-state index in [4.69, 9.17) is 9.47 Å². The lowest BCUT2D eigenvalue weighted by molar-refractivity contribution is -0.385. The largest absolute Gasteiger partial charge is 0.467 e. The van der Waals surface area contributed by atoms with E-state index >= 15 is 0 Å². The van der Waals surface area contributed by atoms with Crippen LogP contribution in [0.25, 0.3) is 10.9 Å². The lowest BCUT2D eigenvalue weighted by atomic mass is 10.0. The molecule has 2 aromatic rings. The number of hydrogen-bond acceptors (Lipinski definition) is 8. The quantitative estimate of drug-likeness (QED) is 0.389. The van der Waals surface area contributed by atoms with Gasteiger partial charge in [-0.2, -0.15) is 0 Å². The van der Waals surface area contributed by atoms with Crippen LogP contribution in [-0.2, 0) is 21.3 Å². The molecule has 0 aliphatic carbocycles. The molecule has 0 saturated carbocycles. The number of hydrogen-bond donors (Lipinski definition) is 0. The molecule has 1 fully saturated rings. The molecule has 178 valence electrons. The highest BCUT2D eigenvalue weighted by molar-refractivity contribution is 5.99. The summed E-state index contributed by atoms with van der Waals surface area (Å²) in [5.74, 6) is -0.686. The van der Waals surface area contributed by atoms with E-state index in [9.17, 15) is 24.5 Å². The molecule has 0 unspecified atom stereocenters. The number of nitro groups is 1. The van der Waals surface area contributed by atoms with Gasteiger partial charge in [0, 0.05) is 25.0 Å². The first-order chi connectivity index (χ1) is 15.4. The first-order valence-electron chi connectivity index (χ1n) is 10.5. The third kappa shape index (κ3) is 4.48. The Balaban J connectivity index is 2.20. The fraction of sp³-hybridized carbons (Fsp3) is 0.500. The average molecular weight is 460 g/mol. The Labute approximate surface area is 190 Å². The van der Waals surface area contributed by atoms with E-state index in [0.29, 0.717) is 10.9 Å². The molecule has 11 heteroatoms. The van der Waals surface area contributed by atoms with Crippen LogP contribution >= 0.6 is 0 Å². The molecule has 33 heavy (non-hydrogen) atoms. The van der Waals surface area contributed by atoms with Gasteiger partial charge in [0.25, 0.3) is 0 Å². The Hall–Kier alpha value is -3.63. The molecule has 11 nitrogen and oxygen atoms in total. The van der Waals surface area contributed by atoms with Crippen molar-refractivity contribution in [2.45, 2.75) is 45.4 Å². The zero-order valence-electron chi connectivity index (χ0n) is 19.5. The van der Waals surface area contributed by atoms with Gasteiger partial charge >= 0.3 is 23.3 Å². The van der Waals surface area contributed by atoms with Gasteiger partial charge in [0.15, 0.2) is 0 Å². The number of amides is 1. The predicted molar refractivity (Wildman–Crippen MR) is 121 cm³/mol. The molecule has 0 spiro atoms. The molecule has 0 N–H and O–H groups in total. The van der Waals surface area contributed by atoms with E-state index in [1.54, 1.807) is 52.0 Å². The van der Waals surface area contributed by atoms with Crippen LogP contribution in [0.1, 0.15) is 27.7 Å². The first-order valence-corrected chi connectivity index (χ1v) is 10.5. The second-order valence-corrected chi connectivity index (χ2v) is 9.01. The summed E-state index contributed by atoms with van der Waals surface area (Å²) in [5.41, 5.74) is -1.66. The number of ether oxygens (including phenoxy) is 2. The van der Waals surface area contributed by atoms with Crippen LogP contribution in [0.15, 0.2) is 29.1 Å². The van der Waals surface area contributed by atoms with Crippen molar-refractivity contribution in [3.63, 3.8) is 0 Å². The Kier molecular flexibility index (Phi) is 6.35. The SMILES string of the molecule is COC(=O)[C@H]1CN(C(=O)OC(C)(C)C)[C@H](C)CN1c1c([N+](=O)[O-])c(=O)n(C)c2ccccc12. The molecule has 3 rings (SSSR count). The van der Waals surface area contributed by atoms with E-state index in [0.717, 1.165) is 0 Å². The van der Waals surface area contributed by atoms with Gasteiger partial charge < -0.3 is 23.8 Å². The maximum Gasteiger partial charge on any atom is 0.410 e. The number of methoxy groups -OCH3 is 1. The summed E-state index contributed by atoms with van der Waals surface area (Å²) in [6.07, 6.45) is -0.605. The fourth-order valence-corrected chi connectivity index (χ4v) is 4.05. The molecule has 1 aliphatic heterocycles. The van der Waals surface area contributed by atoms with Gasteiger partial charge in [-0.1, -0.05) is 18.2 Å². The van der Waals surface area contributed by atoms with E-state index < -0.39 is 45.9 Å².